The summed E-state index contributed by atoms with van der Waals surface area (Å²) in [5.41, 5.74) is 2.58. The Morgan fingerprint density at radius 2 is 1.80 bits per heavy atom. The second-order valence-electron chi connectivity index (χ2n) is 11.4. The number of ether oxygens (including phenoxy) is 1. The fourth-order valence-electron chi connectivity index (χ4n) is 5.18. The number of fused-ring (bicyclic) bond motifs is 1. The number of anilines is 2. The number of aryl methyl sites for hydroxylation is 1. The molecule has 6 rings (SSSR count). The molecule has 13 heteroatoms. The van der Waals surface area contributed by atoms with E-state index in [4.69, 9.17) is 21.3 Å². The molecule has 4 aromatic carbocycles. The van der Waals surface area contributed by atoms with Crippen LogP contribution in [0.3, 0.4) is 0 Å². The lowest BCUT2D eigenvalue weighted by atomic mass is 10.1. The van der Waals surface area contributed by atoms with Gasteiger partial charge < -0.3 is 15.0 Å². The molecule has 1 N–H and O–H groups in total. The van der Waals surface area contributed by atoms with Crippen molar-refractivity contribution in [1.82, 2.24) is 19.9 Å². The minimum Gasteiger partial charge on any atom is -0.487 e. The average Bonchev–Trinajstić information content (AvgIpc) is 3.56. The van der Waals surface area contributed by atoms with Crippen molar-refractivity contribution in [3.05, 3.63) is 124 Å². The van der Waals surface area contributed by atoms with Crippen LogP contribution in [0, 0.1) is 11.6 Å². The maximum absolute atomic E-state index is 15.3. The van der Waals surface area contributed by atoms with E-state index in [1.807, 2.05) is 17.3 Å². The maximum Gasteiger partial charge on any atom is 0.179 e. The first-order valence-corrected chi connectivity index (χ1v) is 18.3. The summed E-state index contributed by atoms with van der Waals surface area (Å²) in [4.78, 5) is 15.7. The summed E-state index contributed by atoms with van der Waals surface area (Å²) in [5, 5.41) is 6.88. The van der Waals surface area contributed by atoms with Crippen LogP contribution >= 0.6 is 22.9 Å². The van der Waals surface area contributed by atoms with Crippen LogP contribution in [0.4, 0.5) is 20.3 Å². The largest absolute Gasteiger partial charge is 0.487 e. The Bertz CT molecular complexity index is 2190. The van der Waals surface area contributed by atoms with Gasteiger partial charge in [0.25, 0.3) is 0 Å². The summed E-state index contributed by atoms with van der Waals surface area (Å²) in [5.74, 6) is 0.158. The van der Waals surface area contributed by atoms with Gasteiger partial charge in [-0.05, 0) is 74.1 Å². The number of hydrogen-bond acceptors (Lipinski definition) is 9. The Labute approximate surface area is 292 Å². The molecule has 0 atom stereocenters. The lowest BCUT2D eigenvalue weighted by molar-refractivity contribution is 0.306. The molecule has 0 unspecified atom stereocenters. The number of hydrogen-bond donors (Lipinski definition) is 1. The highest BCUT2D eigenvalue weighted by Crippen LogP contribution is 2.34. The van der Waals surface area contributed by atoms with Crippen LogP contribution in [-0.2, 0) is 22.9 Å². The van der Waals surface area contributed by atoms with Crippen molar-refractivity contribution >= 4 is 55.2 Å². The zero-order chi connectivity index (χ0) is 34.4. The van der Waals surface area contributed by atoms with Gasteiger partial charge in [-0.2, -0.15) is 0 Å². The highest BCUT2D eigenvalue weighted by Gasteiger charge is 2.17. The fourth-order valence-corrected chi connectivity index (χ4v) is 7.61. The Balaban J connectivity index is 1.09. The molecule has 0 spiro atoms. The molecule has 49 heavy (non-hydrogen) atoms. The molecular formula is C36H32ClF2N5O3S2. The summed E-state index contributed by atoms with van der Waals surface area (Å²) < 4.78 is 59.8. The topological polar surface area (TPSA) is 97.3 Å². The van der Waals surface area contributed by atoms with Crippen LogP contribution < -0.4 is 10.1 Å². The standard InChI is InChI=1S/C36H32ClF2N5O3S2/c1-44(15-16-49(45,46)27-9-3-2-4-10-27)14-6-11-35-43-33(22-48-35)28-19-29-32(20-31(28)39)40-23-41-36(29)42-26-12-13-34(30(37)18-26)47-21-24-7-5-8-25(38)17-24/h2-5,7-10,12-13,17-20,22-23H,6,11,14-16,21H2,1H3,(H,40,41,42). The minimum absolute atomic E-state index is 0.0431. The molecule has 2 heterocycles. The normalized spacial score (nSPS) is 11.7. The number of rotatable bonds is 14. The first kappa shape index (κ1) is 34.4. The minimum atomic E-state index is -3.34. The quantitative estimate of drug-likeness (QED) is 0.120. The van der Waals surface area contributed by atoms with Crippen LogP contribution in [-0.4, -0.2) is 54.2 Å². The van der Waals surface area contributed by atoms with E-state index in [1.165, 1.54) is 35.9 Å². The Morgan fingerprint density at radius 3 is 2.59 bits per heavy atom. The van der Waals surface area contributed by atoms with Crippen molar-refractivity contribution < 1.29 is 21.9 Å². The van der Waals surface area contributed by atoms with Gasteiger partial charge in [0.2, 0.25) is 0 Å². The van der Waals surface area contributed by atoms with Crippen LogP contribution in [0.25, 0.3) is 22.2 Å². The van der Waals surface area contributed by atoms with Gasteiger partial charge in [-0.15, -0.1) is 11.3 Å². The third-order valence-electron chi connectivity index (χ3n) is 7.80. The number of benzene rings is 4. The highest BCUT2D eigenvalue weighted by atomic mass is 35.5. The van der Waals surface area contributed by atoms with Crippen LogP contribution in [0.15, 0.2) is 102 Å². The van der Waals surface area contributed by atoms with E-state index in [0.29, 0.717) is 74.4 Å². The Hall–Kier alpha value is -4.49. The first-order valence-electron chi connectivity index (χ1n) is 15.4. The number of thiazole rings is 1. The van der Waals surface area contributed by atoms with Gasteiger partial charge in [-0.3, -0.25) is 0 Å². The predicted octanol–water partition coefficient (Wildman–Crippen LogP) is 8.35. The van der Waals surface area contributed by atoms with Gasteiger partial charge in [0, 0.05) is 41.0 Å². The van der Waals surface area contributed by atoms with Crippen molar-refractivity contribution in [2.75, 3.05) is 31.2 Å². The third-order valence-corrected chi connectivity index (χ3v) is 10.7. The second-order valence-corrected chi connectivity index (χ2v) is 14.9. The molecule has 6 aromatic rings. The summed E-state index contributed by atoms with van der Waals surface area (Å²) in [6.07, 6.45) is 2.80. The number of nitrogens with zero attached hydrogens (tertiary/aromatic N) is 4. The molecule has 2 aromatic heterocycles. The molecule has 0 aliphatic heterocycles. The van der Waals surface area contributed by atoms with Crippen LogP contribution in [0.5, 0.6) is 5.75 Å². The van der Waals surface area contributed by atoms with Gasteiger partial charge in [-0.25, -0.2) is 32.2 Å². The molecule has 0 amide bonds. The molecular weight excluding hydrogens is 688 g/mol. The number of halogens is 3. The van der Waals surface area contributed by atoms with Crippen molar-refractivity contribution in [1.29, 1.82) is 0 Å². The van der Waals surface area contributed by atoms with E-state index in [2.05, 4.69) is 15.3 Å². The average molecular weight is 720 g/mol. The van der Waals surface area contributed by atoms with Gasteiger partial charge in [0.05, 0.1) is 31.9 Å². The van der Waals surface area contributed by atoms with Crippen molar-refractivity contribution in [2.24, 2.45) is 0 Å². The van der Waals surface area contributed by atoms with E-state index in [9.17, 15) is 12.8 Å². The van der Waals surface area contributed by atoms with Crippen LogP contribution in [0.1, 0.15) is 17.0 Å². The van der Waals surface area contributed by atoms with Gasteiger partial charge in [0.15, 0.2) is 9.84 Å². The Morgan fingerprint density at radius 1 is 0.959 bits per heavy atom. The molecule has 0 saturated carbocycles. The van der Waals surface area contributed by atoms with Crippen molar-refractivity contribution in [2.45, 2.75) is 24.3 Å². The Kier molecular flexibility index (Phi) is 10.8. The summed E-state index contributed by atoms with van der Waals surface area (Å²) in [7, 11) is -1.44. The monoisotopic (exact) mass is 719 g/mol. The van der Waals surface area contributed by atoms with Crippen molar-refractivity contribution in [3.8, 4) is 17.0 Å². The number of sulfone groups is 1. The highest BCUT2D eigenvalue weighted by molar-refractivity contribution is 7.91. The first-order chi connectivity index (χ1) is 23.6. The molecule has 0 fully saturated rings. The SMILES string of the molecule is CN(CCCc1nc(-c2cc3c(Nc4ccc(OCc5cccc(F)c5)c(Cl)c4)ncnc3cc2F)cs1)CCS(=O)(=O)c1ccccc1. The molecule has 0 saturated heterocycles. The van der Waals surface area contributed by atoms with Gasteiger partial charge in [-0.1, -0.05) is 41.9 Å². The maximum atomic E-state index is 15.3. The molecule has 8 nitrogen and oxygen atoms in total. The molecule has 0 radical (unpaired) electrons. The molecule has 0 aliphatic rings. The van der Waals surface area contributed by atoms with E-state index in [0.717, 1.165) is 11.4 Å². The van der Waals surface area contributed by atoms with E-state index < -0.39 is 15.7 Å². The zero-order valence-corrected chi connectivity index (χ0v) is 28.8. The smallest absolute Gasteiger partial charge is 0.179 e. The second kappa shape index (κ2) is 15.4. The molecule has 0 aliphatic carbocycles. The third kappa shape index (κ3) is 8.76. The number of aromatic nitrogens is 3. The molecule has 0 bridgehead atoms. The summed E-state index contributed by atoms with van der Waals surface area (Å²) in [6, 6.07) is 22.8. The van der Waals surface area contributed by atoms with Gasteiger partial charge in [0.1, 0.15) is 36.1 Å². The van der Waals surface area contributed by atoms with E-state index in [-0.39, 0.29) is 18.2 Å². The van der Waals surface area contributed by atoms with Crippen LogP contribution in [0.2, 0.25) is 5.02 Å². The fraction of sp³-hybridized carbons (Fsp3) is 0.194. The lowest BCUT2D eigenvalue weighted by Crippen LogP contribution is -2.27. The molecule has 252 valence electrons. The van der Waals surface area contributed by atoms with E-state index >= 15 is 4.39 Å². The van der Waals surface area contributed by atoms with Gasteiger partial charge >= 0.3 is 0 Å². The van der Waals surface area contributed by atoms with E-state index in [1.54, 1.807) is 66.7 Å². The lowest BCUT2D eigenvalue weighted by Gasteiger charge is -2.16. The summed E-state index contributed by atoms with van der Waals surface area (Å²) >= 11 is 7.95. The van der Waals surface area contributed by atoms with Crippen molar-refractivity contribution in [3.63, 3.8) is 0 Å². The zero-order valence-electron chi connectivity index (χ0n) is 26.4. The summed E-state index contributed by atoms with van der Waals surface area (Å²) in [6.45, 7) is 1.27. The number of nitrogens with one attached hydrogen (secondary N) is 1. The predicted molar refractivity (Wildman–Crippen MR) is 190 cm³/mol.